The Morgan fingerprint density at radius 3 is 2.11 bits per heavy atom. The van der Waals surface area contributed by atoms with E-state index in [1.54, 1.807) is 19.9 Å². The number of aldehydes is 1. The third-order valence-electron chi connectivity index (χ3n) is 2.37. The first kappa shape index (κ1) is 23.9. The predicted molar refractivity (Wildman–Crippen MR) is 107 cm³/mol. The highest BCUT2D eigenvalue weighted by atomic mass is 32.1. The van der Waals surface area contributed by atoms with E-state index in [-0.39, 0.29) is 12.3 Å². The summed E-state index contributed by atoms with van der Waals surface area (Å²) in [6, 6.07) is 3.61. The van der Waals surface area contributed by atoms with Gasteiger partial charge in [0.15, 0.2) is 6.29 Å². The average molecular weight is 406 g/mol. The van der Waals surface area contributed by atoms with Crippen LogP contribution in [0.3, 0.4) is 0 Å². The first-order valence-corrected chi connectivity index (χ1v) is 9.45. The van der Waals surface area contributed by atoms with Gasteiger partial charge in [-0.3, -0.25) is 4.79 Å². The van der Waals surface area contributed by atoms with Gasteiger partial charge in [-0.05, 0) is 57.9 Å². The van der Waals surface area contributed by atoms with Gasteiger partial charge >= 0.3 is 5.97 Å². The first-order valence-electron chi connectivity index (χ1n) is 7.57. The zero-order valence-corrected chi connectivity index (χ0v) is 16.4. The molecule has 9 nitrogen and oxygen atoms in total. The molecule has 27 heavy (non-hydrogen) atoms. The average Bonchev–Trinajstić information content (AvgIpc) is 3.37. The lowest BCUT2D eigenvalue weighted by Gasteiger charge is -1.99. The van der Waals surface area contributed by atoms with E-state index in [0.717, 1.165) is 17.4 Å². The van der Waals surface area contributed by atoms with Crippen LogP contribution in [-0.2, 0) is 9.53 Å². The monoisotopic (exact) mass is 406 g/mol. The van der Waals surface area contributed by atoms with Crippen LogP contribution in [0.25, 0.3) is 27.0 Å². The topological polar surface area (TPSA) is 141 Å². The second-order valence-electron chi connectivity index (χ2n) is 4.22. The molecule has 0 aromatic carbocycles. The number of hydrogen-bond acceptors (Lipinski definition) is 7. The maximum atomic E-state index is 11.3. The molecule has 142 valence electrons. The fraction of sp³-hybridized carbons (Fsp3) is 0.250. The zero-order chi connectivity index (χ0) is 20.3. The van der Waals surface area contributed by atoms with Crippen LogP contribution >= 0.6 is 22.7 Å². The minimum Gasteiger partial charge on any atom is -0.462 e. The lowest BCUT2D eigenvalue weighted by Crippen LogP contribution is -2.05. The largest absolute Gasteiger partial charge is 0.462 e. The van der Waals surface area contributed by atoms with E-state index in [4.69, 9.17) is 15.8 Å². The summed E-state index contributed by atoms with van der Waals surface area (Å²) in [5, 5.41) is 13.8. The lowest BCUT2D eigenvalue weighted by molar-refractivity contribution is -0.138. The van der Waals surface area contributed by atoms with Crippen molar-refractivity contribution >= 4 is 41.0 Å². The van der Waals surface area contributed by atoms with Crippen LogP contribution in [0.1, 0.15) is 29.8 Å². The molecule has 0 radical (unpaired) electrons. The van der Waals surface area contributed by atoms with Gasteiger partial charge in [0.05, 0.1) is 6.61 Å². The van der Waals surface area contributed by atoms with Crippen LogP contribution in [0.2, 0.25) is 0 Å². The maximum Gasteiger partial charge on any atom is 0.340 e. The molecule has 2 heterocycles. The smallest absolute Gasteiger partial charge is 0.340 e. The maximum absolute atomic E-state index is 11.3. The molecule has 0 fully saturated rings. The van der Waals surface area contributed by atoms with Gasteiger partial charge < -0.3 is 4.74 Å². The number of esters is 1. The zero-order valence-electron chi connectivity index (χ0n) is 14.8. The summed E-state index contributed by atoms with van der Waals surface area (Å²) in [7, 11) is 0. The summed E-state index contributed by atoms with van der Waals surface area (Å²) in [6.07, 6.45) is 2.34. The molecule has 0 saturated heterocycles. The number of hydrogen-bond donors (Lipinski definition) is 0. The number of thiophene rings is 2. The number of carbonyl (C=O) groups excluding carboxylic acids is 2. The Morgan fingerprint density at radius 1 is 1.15 bits per heavy atom. The number of ether oxygens (including phenoxy) is 1. The van der Waals surface area contributed by atoms with Gasteiger partial charge in [0.2, 0.25) is 0 Å². The standard InChI is InChI=1S/C9H9N3O2S.C5H4OS.C2H5N3/c1-2-14-9(13)8(11-12-10)5-7-3-4-15-6-7;6-3-5-1-2-7-4-5;1-2-4-5-3/h3-6H,2H2,1H3;1-4H;2H2,1H3/b8-5-;;. The third-order valence-corrected chi connectivity index (χ3v) is 3.77. The molecule has 0 unspecified atom stereocenters. The van der Waals surface area contributed by atoms with E-state index < -0.39 is 5.97 Å². The molecule has 0 atom stereocenters. The summed E-state index contributed by atoms with van der Waals surface area (Å²) in [6.45, 7) is 4.28. The molecule has 0 saturated carbocycles. The lowest BCUT2D eigenvalue weighted by atomic mass is 10.3. The number of nitrogens with zero attached hydrogens (tertiary/aromatic N) is 6. The van der Waals surface area contributed by atoms with E-state index >= 15 is 0 Å². The van der Waals surface area contributed by atoms with Crippen molar-refractivity contribution in [2.45, 2.75) is 13.8 Å². The van der Waals surface area contributed by atoms with Crippen LogP contribution in [0.5, 0.6) is 0 Å². The molecule has 2 aromatic rings. The summed E-state index contributed by atoms with van der Waals surface area (Å²) in [5.74, 6) is -0.610. The van der Waals surface area contributed by atoms with E-state index in [0.29, 0.717) is 6.54 Å². The van der Waals surface area contributed by atoms with Crippen molar-refractivity contribution in [2.24, 2.45) is 10.2 Å². The Labute approximate surface area is 164 Å². The highest BCUT2D eigenvalue weighted by Gasteiger charge is 2.08. The molecule has 0 amide bonds. The minimum absolute atomic E-state index is 0.0299. The van der Waals surface area contributed by atoms with Gasteiger partial charge in [0.25, 0.3) is 0 Å². The van der Waals surface area contributed by atoms with Crippen LogP contribution in [0.15, 0.2) is 49.6 Å². The molecule has 0 N–H and O–H groups in total. The Balaban J connectivity index is 0.000000463. The summed E-state index contributed by atoms with van der Waals surface area (Å²) in [5.41, 5.74) is 17.4. The van der Waals surface area contributed by atoms with Crippen molar-refractivity contribution < 1.29 is 14.3 Å². The highest BCUT2D eigenvalue weighted by Crippen LogP contribution is 2.13. The third kappa shape index (κ3) is 12.0. The van der Waals surface area contributed by atoms with E-state index in [1.807, 2.05) is 27.6 Å². The Kier molecular flexibility index (Phi) is 14.5. The van der Waals surface area contributed by atoms with Crippen LogP contribution in [0.4, 0.5) is 0 Å². The highest BCUT2D eigenvalue weighted by molar-refractivity contribution is 7.08. The van der Waals surface area contributed by atoms with Crippen molar-refractivity contribution in [1.82, 2.24) is 0 Å². The molecule has 2 aromatic heterocycles. The van der Waals surface area contributed by atoms with Gasteiger partial charge in [-0.25, -0.2) is 4.79 Å². The Bertz CT molecular complexity index is 790. The molecule has 0 aliphatic rings. The molecule has 2 rings (SSSR count). The molecule has 0 spiro atoms. The minimum atomic E-state index is -0.610. The van der Waals surface area contributed by atoms with Crippen LogP contribution in [-0.4, -0.2) is 25.4 Å². The molecular weight excluding hydrogens is 388 g/mol. The molecule has 0 aliphatic heterocycles. The first-order chi connectivity index (χ1) is 13.1. The normalized spacial score (nSPS) is 9.19. The van der Waals surface area contributed by atoms with E-state index in [9.17, 15) is 9.59 Å². The molecule has 11 heteroatoms. The number of azide groups is 2. The van der Waals surface area contributed by atoms with E-state index in [2.05, 4.69) is 20.1 Å². The fourth-order valence-corrected chi connectivity index (χ4v) is 2.53. The van der Waals surface area contributed by atoms with Crippen molar-refractivity contribution in [3.63, 3.8) is 0 Å². The Hall–Kier alpha value is -3.10. The number of carbonyl (C=O) groups is 2. The van der Waals surface area contributed by atoms with Gasteiger partial charge in [0, 0.05) is 27.3 Å². The summed E-state index contributed by atoms with van der Waals surface area (Å²) in [4.78, 5) is 26.2. The van der Waals surface area contributed by atoms with Gasteiger partial charge in [-0.15, -0.1) is 0 Å². The van der Waals surface area contributed by atoms with Crippen molar-refractivity contribution in [3.05, 3.63) is 71.4 Å². The van der Waals surface area contributed by atoms with Crippen LogP contribution < -0.4 is 0 Å². The second-order valence-corrected chi connectivity index (χ2v) is 5.78. The van der Waals surface area contributed by atoms with Crippen LogP contribution in [0, 0.1) is 0 Å². The molecule has 0 bridgehead atoms. The van der Waals surface area contributed by atoms with Crippen molar-refractivity contribution in [1.29, 1.82) is 0 Å². The van der Waals surface area contributed by atoms with Gasteiger partial charge in [0.1, 0.15) is 5.70 Å². The molecule has 0 aliphatic carbocycles. The summed E-state index contributed by atoms with van der Waals surface area (Å²) >= 11 is 3.03. The fourth-order valence-electron chi connectivity index (χ4n) is 1.30. The summed E-state index contributed by atoms with van der Waals surface area (Å²) < 4.78 is 4.74. The van der Waals surface area contributed by atoms with Crippen molar-refractivity contribution in [3.8, 4) is 0 Å². The second kappa shape index (κ2) is 16.4. The molecular formula is C16H18N6O3S2. The predicted octanol–water partition coefficient (Wildman–Crippen LogP) is 5.84. The Morgan fingerprint density at radius 2 is 1.78 bits per heavy atom. The SMILES string of the molecule is CCN=[N+]=[N-].CCOC(=O)/C(=C/c1ccsc1)N=[N+]=[N-].O=Cc1ccsc1. The van der Waals surface area contributed by atoms with Gasteiger partial charge in [-0.1, -0.05) is 17.2 Å². The number of rotatable bonds is 6. The van der Waals surface area contributed by atoms with E-state index in [1.165, 1.54) is 28.7 Å². The van der Waals surface area contributed by atoms with Crippen molar-refractivity contribution in [2.75, 3.05) is 13.2 Å². The van der Waals surface area contributed by atoms with Gasteiger partial charge in [-0.2, -0.15) is 22.7 Å². The quantitative estimate of drug-likeness (QED) is 0.148.